The molecule has 1 aliphatic carbocycles. The molecule has 4 nitrogen and oxygen atoms in total. The fourth-order valence-corrected chi connectivity index (χ4v) is 4.92. The molecule has 0 saturated carbocycles. The van der Waals surface area contributed by atoms with Crippen LogP contribution in [0.25, 0.3) is 0 Å². The first kappa shape index (κ1) is 15.5. The molecule has 0 radical (unpaired) electrons. The number of quaternary nitrogens is 1. The van der Waals surface area contributed by atoms with Crippen molar-refractivity contribution in [1.82, 2.24) is 0 Å². The number of nitrogens with zero attached hydrogens (tertiary/aromatic N) is 1. The highest BCUT2D eigenvalue weighted by molar-refractivity contribution is 7.16. The summed E-state index contributed by atoms with van der Waals surface area (Å²) in [5, 5.41) is 13.2. The number of carbonyl (C=O) groups excluding carboxylic acids is 1. The average molecular weight is 318 g/mol. The van der Waals surface area contributed by atoms with E-state index in [0.717, 1.165) is 36.4 Å². The summed E-state index contributed by atoms with van der Waals surface area (Å²) in [6.45, 7) is 3.83. The van der Waals surface area contributed by atoms with Gasteiger partial charge in [0.2, 0.25) is 0 Å². The van der Waals surface area contributed by atoms with Crippen molar-refractivity contribution in [3.63, 3.8) is 0 Å². The average Bonchev–Trinajstić information content (AvgIpc) is 2.86. The number of anilines is 1. The van der Waals surface area contributed by atoms with Crippen LogP contribution in [0.2, 0.25) is 0 Å². The molecular formula is C17H24N3OS+. The van der Waals surface area contributed by atoms with Gasteiger partial charge in [0, 0.05) is 4.88 Å². The Hall–Kier alpha value is -1.38. The van der Waals surface area contributed by atoms with Gasteiger partial charge in [0.05, 0.1) is 18.2 Å². The Labute approximate surface area is 136 Å². The molecule has 1 amide bonds. The molecular weight excluding hydrogens is 294 g/mol. The molecule has 1 saturated heterocycles. The normalized spacial score (nSPS) is 24.4. The number of hydrogen-bond acceptors (Lipinski definition) is 3. The first-order valence-corrected chi connectivity index (χ1v) is 9.19. The van der Waals surface area contributed by atoms with E-state index in [1.165, 1.54) is 41.0 Å². The van der Waals surface area contributed by atoms with Gasteiger partial charge in [0.15, 0.2) is 6.54 Å². The van der Waals surface area contributed by atoms with Crippen LogP contribution in [0.3, 0.4) is 0 Å². The smallest absolute Gasteiger partial charge is 0.280 e. The number of piperidine rings is 1. The zero-order valence-electron chi connectivity index (χ0n) is 13.2. The van der Waals surface area contributed by atoms with Crippen LogP contribution in [0.15, 0.2) is 0 Å². The fraction of sp³-hybridized carbons (Fsp3) is 0.647. The lowest BCUT2D eigenvalue weighted by Gasteiger charge is -2.29. The minimum atomic E-state index is 0.0545. The Morgan fingerprint density at radius 3 is 2.95 bits per heavy atom. The van der Waals surface area contributed by atoms with Crippen LogP contribution in [0.5, 0.6) is 0 Å². The third-order valence-electron chi connectivity index (χ3n) is 5.01. The Bertz CT molecular complexity index is 602. The van der Waals surface area contributed by atoms with Crippen molar-refractivity contribution >= 4 is 22.2 Å². The van der Waals surface area contributed by atoms with Crippen LogP contribution in [0.1, 0.15) is 55.0 Å². The monoisotopic (exact) mass is 318 g/mol. The first-order chi connectivity index (χ1) is 10.7. The molecule has 1 fully saturated rings. The summed E-state index contributed by atoms with van der Waals surface area (Å²) in [6, 6.07) is 2.87. The van der Waals surface area contributed by atoms with Gasteiger partial charge in [-0.1, -0.05) is 0 Å². The second-order valence-electron chi connectivity index (χ2n) is 6.56. The van der Waals surface area contributed by atoms with Crippen molar-refractivity contribution in [2.75, 3.05) is 18.4 Å². The first-order valence-electron chi connectivity index (χ1n) is 8.38. The summed E-state index contributed by atoms with van der Waals surface area (Å²) in [5.41, 5.74) is 1.91. The number of nitrogens with one attached hydrogen (secondary N) is 2. The highest BCUT2D eigenvalue weighted by atomic mass is 32.1. The number of aryl methyl sites for hydroxylation is 1. The van der Waals surface area contributed by atoms with Crippen LogP contribution in [0, 0.1) is 11.3 Å². The predicted molar refractivity (Wildman–Crippen MR) is 88.3 cm³/mol. The van der Waals surface area contributed by atoms with Gasteiger partial charge in [-0.15, -0.1) is 11.3 Å². The van der Waals surface area contributed by atoms with E-state index in [1.54, 1.807) is 11.3 Å². The fourth-order valence-electron chi connectivity index (χ4n) is 3.67. The molecule has 2 heterocycles. The third kappa shape index (κ3) is 3.18. The van der Waals surface area contributed by atoms with Gasteiger partial charge in [-0.2, -0.15) is 5.26 Å². The second-order valence-corrected chi connectivity index (χ2v) is 7.66. The summed E-state index contributed by atoms with van der Waals surface area (Å²) in [5.74, 6) is 0.0545. The second kappa shape index (κ2) is 6.80. The lowest BCUT2D eigenvalue weighted by Crippen LogP contribution is -3.17. The van der Waals surface area contributed by atoms with Crippen LogP contribution < -0.4 is 10.2 Å². The zero-order valence-corrected chi connectivity index (χ0v) is 14.0. The summed E-state index contributed by atoms with van der Waals surface area (Å²) in [4.78, 5) is 15.1. The number of likely N-dealkylation sites (tertiary alicyclic amines) is 1. The number of carbonyl (C=O) groups is 1. The molecule has 2 aliphatic rings. The number of rotatable bonds is 3. The molecule has 2 atom stereocenters. The van der Waals surface area contributed by atoms with Gasteiger partial charge in [0.25, 0.3) is 5.91 Å². The van der Waals surface area contributed by atoms with E-state index in [2.05, 4.69) is 18.3 Å². The lowest BCUT2D eigenvalue weighted by atomic mass is 9.96. The summed E-state index contributed by atoms with van der Waals surface area (Å²) in [7, 11) is 0. The van der Waals surface area contributed by atoms with Crippen molar-refractivity contribution in [2.24, 2.45) is 0 Å². The molecule has 3 rings (SSSR count). The Kier molecular flexibility index (Phi) is 4.80. The van der Waals surface area contributed by atoms with Gasteiger partial charge >= 0.3 is 0 Å². The molecule has 22 heavy (non-hydrogen) atoms. The summed E-state index contributed by atoms with van der Waals surface area (Å²) < 4.78 is 0. The van der Waals surface area contributed by atoms with Crippen LogP contribution in [-0.4, -0.2) is 25.0 Å². The van der Waals surface area contributed by atoms with Crippen LogP contribution in [0.4, 0.5) is 5.00 Å². The van der Waals surface area contributed by atoms with Crippen LogP contribution in [-0.2, 0) is 17.6 Å². The molecule has 0 spiro atoms. The molecule has 0 aromatic carbocycles. The standard InChI is InChI=1S/C17H23N3OS/c1-12-6-4-5-9-20(12)11-16(21)19-17-14(10-18)13-7-2-3-8-15(13)22-17/h12H,2-9,11H2,1H3,(H,19,21)/p+1/t12-/m1/s1. The molecule has 118 valence electrons. The molecule has 1 aliphatic heterocycles. The van der Waals surface area contributed by atoms with Gasteiger partial charge in [-0.25, -0.2) is 0 Å². The molecule has 1 aromatic rings. The molecule has 0 bridgehead atoms. The maximum Gasteiger partial charge on any atom is 0.280 e. The van der Waals surface area contributed by atoms with Gasteiger partial charge in [0.1, 0.15) is 11.1 Å². The van der Waals surface area contributed by atoms with E-state index < -0.39 is 0 Å². The SMILES string of the molecule is C[C@@H]1CCCC[NH+]1CC(=O)Nc1sc2c(c1C#N)CCCC2. The molecule has 5 heteroatoms. The minimum Gasteiger partial charge on any atom is -0.325 e. The van der Waals surface area contributed by atoms with Crippen molar-refractivity contribution in [3.8, 4) is 6.07 Å². The van der Waals surface area contributed by atoms with Gasteiger partial charge in [-0.3, -0.25) is 4.79 Å². The molecule has 2 N–H and O–H groups in total. The van der Waals surface area contributed by atoms with Gasteiger partial charge in [-0.05, 0) is 57.4 Å². The summed E-state index contributed by atoms with van der Waals surface area (Å²) in [6.07, 6.45) is 8.09. The summed E-state index contributed by atoms with van der Waals surface area (Å²) >= 11 is 1.61. The molecule has 1 unspecified atom stereocenters. The van der Waals surface area contributed by atoms with E-state index >= 15 is 0 Å². The Balaban J connectivity index is 1.69. The van der Waals surface area contributed by atoms with E-state index in [9.17, 15) is 10.1 Å². The largest absolute Gasteiger partial charge is 0.325 e. The number of thiophene rings is 1. The number of hydrogen-bond donors (Lipinski definition) is 2. The van der Waals surface area contributed by atoms with E-state index in [0.29, 0.717) is 12.6 Å². The maximum atomic E-state index is 12.4. The molecule has 1 aromatic heterocycles. The lowest BCUT2D eigenvalue weighted by molar-refractivity contribution is -0.920. The zero-order chi connectivity index (χ0) is 15.5. The minimum absolute atomic E-state index is 0.0545. The number of nitriles is 1. The number of fused-ring (bicyclic) bond motifs is 1. The van der Waals surface area contributed by atoms with E-state index in [-0.39, 0.29) is 5.91 Å². The van der Waals surface area contributed by atoms with Crippen molar-refractivity contribution in [3.05, 3.63) is 16.0 Å². The van der Waals surface area contributed by atoms with Crippen molar-refractivity contribution in [1.29, 1.82) is 5.26 Å². The maximum absolute atomic E-state index is 12.4. The van der Waals surface area contributed by atoms with Gasteiger partial charge < -0.3 is 10.2 Å². The van der Waals surface area contributed by atoms with Crippen molar-refractivity contribution < 1.29 is 9.69 Å². The highest BCUT2D eigenvalue weighted by Gasteiger charge is 2.26. The van der Waals surface area contributed by atoms with Crippen molar-refractivity contribution in [2.45, 2.75) is 57.9 Å². The third-order valence-corrected chi connectivity index (χ3v) is 6.21. The predicted octanol–water partition coefficient (Wildman–Crippen LogP) is 1.89. The van der Waals surface area contributed by atoms with E-state index in [1.807, 2.05) is 0 Å². The highest BCUT2D eigenvalue weighted by Crippen LogP contribution is 2.37. The Morgan fingerprint density at radius 2 is 2.18 bits per heavy atom. The van der Waals surface area contributed by atoms with Crippen LogP contribution >= 0.6 is 11.3 Å². The quantitative estimate of drug-likeness (QED) is 0.894. The topological polar surface area (TPSA) is 57.3 Å². The number of amides is 1. The Morgan fingerprint density at radius 1 is 1.36 bits per heavy atom. The van der Waals surface area contributed by atoms with E-state index in [4.69, 9.17) is 0 Å².